The van der Waals surface area contributed by atoms with E-state index in [0.717, 1.165) is 16.9 Å². The molecule has 0 unspecified atom stereocenters. The molecule has 1 aromatic rings. The van der Waals surface area contributed by atoms with Gasteiger partial charge in [-0.3, -0.25) is 0 Å². The van der Waals surface area contributed by atoms with Gasteiger partial charge in [0.05, 0.1) is 13.6 Å². The molecule has 0 aliphatic carbocycles. The maximum Gasteiger partial charge on any atom is 0.480 e. The molecule has 0 bridgehead atoms. The smallest absolute Gasteiger partial charge is 0.421 e. The van der Waals surface area contributed by atoms with Gasteiger partial charge >= 0.3 is 11.0 Å². The lowest BCUT2D eigenvalue weighted by atomic mass is 10.3. The van der Waals surface area contributed by atoms with Gasteiger partial charge in [-0.1, -0.05) is 0 Å². The van der Waals surface area contributed by atoms with Crippen LogP contribution in [0.25, 0.3) is 4.13 Å². The molecule has 0 aliphatic rings. The molecule has 0 saturated carbocycles. The van der Waals surface area contributed by atoms with Crippen molar-refractivity contribution in [2.24, 2.45) is 7.05 Å². The van der Waals surface area contributed by atoms with Crippen molar-refractivity contribution in [3.8, 4) is 0 Å². The Balaban J connectivity index is 0.000000525. The molecule has 0 fully saturated rings. The number of imidazole rings is 1. The Labute approximate surface area is 155 Å². The van der Waals surface area contributed by atoms with Gasteiger partial charge < -0.3 is 4.13 Å². The van der Waals surface area contributed by atoms with Crippen LogP contribution in [0.1, 0.15) is 19.2 Å². The van der Waals surface area contributed by atoms with Gasteiger partial charge in [0.25, 0.3) is 5.82 Å². The second-order valence-electron chi connectivity index (χ2n) is 5.39. The quantitative estimate of drug-likeness (QED) is 0.490. The van der Waals surface area contributed by atoms with E-state index in [4.69, 9.17) is 0 Å². The fourth-order valence-corrected chi connectivity index (χ4v) is 3.08. The Hall–Kier alpha value is -1.49. The van der Waals surface area contributed by atoms with Crippen molar-refractivity contribution in [1.29, 1.82) is 0 Å². The van der Waals surface area contributed by atoms with Crippen LogP contribution in [0, 0.1) is 6.92 Å². The lowest BCUT2D eigenvalue weighted by molar-refractivity contribution is -0.677. The molecule has 0 N–H and O–H groups in total. The minimum Gasteiger partial charge on any atom is -0.421 e. The highest BCUT2D eigenvalue weighted by Gasteiger charge is 2.46. The van der Waals surface area contributed by atoms with Gasteiger partial charge in [0.15, 0.2) is 20.0 Å². The fraction of sp³-hybridized carbons (Fsp3) is 0.727. The lowest BCUT2D eigenvalue weighted by Crippen LogP contribution is -2.30. The molecule has 1 aromatic heterocycles. The van der Waals surface area contributed by atoms with Gasteiger partial charge in [0.2, 0.25) is 5.92 Å². The van der Waals surface area contributed by atoms with Crippen LogP contribution in [0.2, 0.25) is 0 Å². The predicted molar refractivity (Wildman–Crippen MR) is 78.9 cm³/mol. The molecular formula is C11H15F8N3O4S2. The van der Waals surface area contributed by atoms with Crippen LogP contribution in [-0.2, 0) is 33.6 Å². The van der Waals surface area contributed by atoms with E-state index in [0.29, 0.717) is 6.54 Å². The van der Waals surface area contributed by atoms with Crippen LogP contribution < -0.4 is 4.57 Å². The summed E-state index contributed by atoms with van der Waals surface area (Å²) in [7, 11) is -11.5. The summed E-state index contributed by atoms with van der Waals surface area (Å²) in [5.74, 6) is -1.58. The van der Waals surface area contributed by atoms with E-state index in [-0.39, 0.29) is 6.42 Å². The Kier molecular flexibility index (Phi) is 8.03. The minimum absolute atomic E-state index is 0.109. The Morgan fingerprint density at radius 1 is 0.964 bits per heavy atom. The van der Waals surface area contributed by atoms with Gasteiger partial charge in [-0.05, 0) is 6.92 Å². The fourth-order valence-electron chi connectivity index (χ4n) is 1.37. The summed E-state index contributed by atoms with van der Waals surface area (Å²) in [6.07, 6.45) is 3.58. The number of hydrogen-bond donors (Lipinski definition) is 0. The molecule has 0 spiro atoms. The van der Waals surface area contributed by atoms with E-state index in [1.54, 1.807) is 0 Å². The first-order chi connectivity index (χ1) is 12.1. The maximum atomic E-state index is 12.5. The molecule has 0 saturated heterocycles. The maximum absolute atomic E-state index is 12.5. The number of sulfonamides is 2. The van der Waals surface area contributed by atoms with Gasteiger partial charge in [0, 0.05) is 13.3 Å². The average molecular weight is 469 g/mol. The van der Waals surface area contributed by atoms with Gasteiger partial charge in [-0.25, -0.2) is 34.8 Å². The van der Waals surface area contributed by atoms with Crippen molar-refractivity contribution < 1.29 is 56.5 Å². The van der Waals surface area contributed by atoms with Gasteiger partial charge in [-0.15, -0.1) is 0 Å². The van der Waals surface area contributed by atoms with E-state index in [2.05, 4.69) is 0 Å². The number of aryl methyl sites for hydroxylation is 2. The molecule has 28 heavy (non-hydrogen) atoms. The normalized spacial score (nSPS) is 13.8. The minimum atomic E-state index is -6.72. The number of nitrogens with zero attached hydrogens (tertiary/aromatic N) is 3. The number of halogens is 8. The number of hydrogen-bond acceptors (Lipinski definition) is 4. The van der Waals surface area contributed by atoms with E-state index in [1.807, 2.05) is 35.5 Å². The molecule has 0 atom stereocenters. The van der Waals surface area contributed by atoms with E-state index in [9.17, 15) is 52.0 Å². The first-order valence-electron chi connectivity index (χ1n) is 6.87. The van der Waals surface area contributed by atoms with Crippen LogP contribution in [-0.4, -0.2) is 38.3 Å². The summed E-state index contributed by atoms with van der Waals surface area (Å²) >= 11 is 0. The SMILES string of the molecule is Cc1n(CCC(C)(F)F)cc[n+]1C.O=S(=O)([N-]S(=O)(=O)C(F)(F)F)C(F)(F)F. The standard InChI is InChI=1S/C9H15F2N2.C2F6NO4S2/c1-8-12(3)6-7-13(8)5-4-9(2,10)11;3-1(4,5)14(10,11)9-15(12,13)2(6,7)8/h6-7H,4-5H2,1-3H3;/q+1;-1. The van der Waals surface area contributed by atoms with E-state index in [1.165, 1.54) is 0 Å². The van der Waals surface area contributed by atoms with E-state index >= 15 is 0 Å². The number of aromatic nitrogens is 2. The Morgan fingerprint density at radius 3 is 1.61 bits per heavy atom. The third-order valence-electron chi connectivity index (χ3n) is 2.97. The average Bonchev–Trinajstić information content (AvgIpc) is 2.73. The summed E-state index contributed by atoms with van der Waals surface area (Å²) < 4.78 is 138. The zero-order chi connectivity index (χ0) is 22.8. The monoisotopic (exact) mass is 469 g/mol. The van der Waals surface area contributed by atoms with Gasteiger partial charge in [0.1, 0.15) is 12.4 Å². The largest absolute Gasteiger partial charge is 0.480 e. The second-order valence-corrected chi connectivity index (χ2v) is 8.81. The Bertz CT molecular complexity index is 825. The molecule has 0 aromatic carbocycles. The summed E-state index contributed by atoms with van der Waals surface area (Å²) in [5, 5.41) is 0. The van der Waals surface area contributed by atoms with Crippen LogP contribution in [0.5, 0.6) is 0 Å². The van der Waals surface area contributed by atoms with Crippen LogP contribution in [0.3, 0.4) is 0 Å². The van der Waals surface area contributed by atoms with Gasteiger partial charge in [-0.2, -0.15) is 26.3 Å². The molecular weight excluding hydrogens is 454 g/mol. The summed E-state index contributed by atoms with van der Waals surface area (Å²) in [5.41, 5.74) is -12.4. The highest BCUT2D eigenvalue weighted by molar-refractivity contribution is 8.13. The van der Waals surface area contributed by atoms with Crippen molar-refractivity contribution in [3.63, 3.8) is 0 Å². The molecule has 166 valence electrons. The summed E-state index contributed by atoms with van der Waals surface area (Å²) in [6, 6.07) is 0. The van der Waals surface area contributed by atoms with Crippen molar-refractivity contribution >= 4 is 20.0 Å². The first-order valence-corrected chi connectivity index (χ1v) is 9.75. The van der Waals surface area contributed by atoms with Crippen LogP contribution in [0.15, 0.2) is 12.4 Å². The van der Waals surface area contributed by atoms with E-state index < -0.39 is 37.0 Å². The zero-order valence-electron chi connectivity index (χ0n) is 14.4. The number of rotatable bonds is 5. The third kappa shape index (κ3) is 7.86. The highest BCUT2D eigenvalue weighted by Crippen LogP contribution is 2.36. The Morgan fingerprint density at radius 2 is 1.36 bits per heavy atom. The van der Waals surface area contributed by atoms with Crippen LogP contribution in [0.4, 0.5) is 35.1 Å². The summed E-state index contributed by atoms with van der Waals surface area (Å²) in [6.45, 7) is 3.23. The molecule has 0 amide bonds. The van der Waals surface area contributed by atoms with Crippen LogP contribution >= 0.6 is 0 Å². The second kappa shape index (κ2) is 8.48. The molecule has 7 nitrogen and oxygen atoms in total. The van der Waals surface area contributed by atoms with Crippen molar-refractivity contribution in [2.45, 2.75) is 43.8 Å². The summed E-state index contributed by atoms with van der Waals surface area (Å²) in [4.78, 5) is 0. The zero-order valence-corrected chi connectivity index (χ0v) is 16.0. The number of alkyl halides is 8. The first kappa shape index (κ1) is 26.5. The molecule has 17 heteroatoms. The molecule has 0 aliphatic heterocycles. The van der Waals surface area contributed by atoms with Crippen molar-refractivity contribution in [3.05, 3.63) is 22.3 Å². The molecule has 0 radical (unpaired) electrons. The highest BCUT2D eigenvalue weighted by atomic mass is 32.3. The topological polar surface area (TPSA) is 91.2 Å². The predicted octanol–water partition coefficient (Wildman–Crippen LogP) is 2.73. The van der Waals surface area contributed by atoms with Crippen molar-refractivity contribution in [2.75, 3.05) is 0 Å². The lowest BCUT2D eigenvalue weighted by Gasteiger charge is -2.22. The molecule has 1 heterocycles. The van der Waals surface area contributed by atoms with Crippen molar-refractivity contribution in [1.82, 2.24) is 4.57 Å². The third-order valence-corrected chi connectivity index (χ3v) is 5.71. The molecule has 1 rings (SSSR count).